The fourth-order valence-electron chi connectivity index (χ4n) is 1.94. The highest BCUT2D eigenvalue weighted by Gasteiger charge is 2.16. The standard InChI is InChI=1S/C15H18ClNO3S2/c1-11(2)12-5-3-4-6-13(12)20-10-9-17-22(18,19)15-8-7-14(16)21-15/h3-8,11,17H,9-10H2,1-2H3. The number of thiophene rings is 1. The number of sulfonamides is 1. The minimum Gasteiger partial charge on any atom is -0.492 e. The maximum absolute atomic E-state index is 12.0. The molecule has 0 aliphatic rings. The molecule has 1 aromatic carbocycles. The van der Waals surface area contributed by atoms with E-state index in [0.717, 1.165) is 22.6 Å². The first-order chi connectivity index (χ1) is 10.4. The van der Waals surface area contributed by atoms with E-state index in [-0.39, 0.29) is 17.4 Å². The summed E-state index contributed by atoms with van der Waals surface area (Å²) in [5.74, 6) is 1.14. The van der Waals surface area contributed by atoms with Crippen molar-refractivity contribution >= 4 is 33.0 Å². The predicted octanol–water partition coefficient (Wildman–Crippen LogP) is 3.88. The van der Waals surface area contributed by atoms with Gasteiger partial charge in [-0.25, -0.2) is 13.1 Å². The van der Waals surface area contributed by atoms with Crippen LogP contribution in [-0.2, 0) is 10.0 Å². The zero-order chi connectivity index (χ0) is 16.2. The van der Waals surface area contributed by atoms with Crippen molar-refractivity contribution in [3.63, 3.8) is 0 Å². The van der Waals surface area contributed by atoms with Crippen molar-refractivity contribution in [1.82, 2.24) is 4.72 Å². The van der Waals surface area contributed by atoms with Gasteiger partial charge in [0.05, 0.1) is 4.34 Å². The molecule has 0 radical (unpaired) electrons. The monoisotopic (exact) mass is 359 g/mol. The van der Waals surface area contributed by atoms with E-state index in [9.17, 15) is 8.42 Å². The quantitative estimate of drug-likeness (QED) is 0.763. The molecule has 0 spiro atoms. The van der Waals surface area contributed by atoms with Crippen LogP contribution >= 0.6 is 22.9 Å². The van der Waals surface area contributed by atoms with E-state index in [2.05, 4.69) is 18.6 Å². The summed E-state index contributed by atoms with van der Waals surface area (Å²) in [6, 6.07) is 10.8. The van der Waals surface area contributed by atoms with E-state index in [1.165, 1.54) is 6.07 Å². The summed E-state index contributed by atoms with van der Waals surface area (Å²) in [4.78, 5) is 0. The van der Waals surface area contributed by atoms with Crippen molar-refractivity contribution in [1.29, 1.82) is 0 Å². The first-order valence-corrected chi connectivity index (χ1v) is 9.54. The molecule has 22 heavy (non-hydrogen) atoms. The third-order valence-electron chi connectivity index (χ3n) is 3.01. The lowest BCUT2D eigenvalue weighted by Gasteiger charge is -2.14. The van der Waals surface area contributed by atoms with Crippen molar-refractivity contribution in [2.45, 2.75) is 24.0 Å². The molecule has 0 bridgehead atoms. The largest absolute Gasteiger partial charge is 0.492 e. The molecule has 0 amide bonds. The molecule has 0 saturated heterocycles. The van der Waals surface area contributed by atoms with Gasteiger partial charge in [-0.05, 0) is 29.7 Å². The van der Waals surface area contributed by atoms with Crippen molar-refractivity contribution in [2.24, 2.45) is 0 Å². The second-order valence-corrected chi connectivity index (χ2v) is 8.71. The van der Waals surface area contributed by atoms with Gasteiger partial charge in [0.2, 0.25) is 10.0 Å². The van der Waals surface area contributed by atoms with E-state index < -0.39 is 10.0 Å². The van der Waals surface area contributed by atoms with E-state index in [0.29, 0.717) is 10.3 Å². The first kappa shape index (κ1) is 17.3. The molecule has 0 unspecified atom stereocenters. The number of para-hydroxylation sites is 1. The Hall–Kier alpha value is -1.08. The van der Waals surface area contributed by atoms with Crippen LogP contribution in [0.5, 0.6) is 5.75 Å². The topological polar surface area (TPSA) is 55.4 Å². The van der Waals surface area contributed by atoms with Gasteiger partial charge in [-0.1, -0.05) is 43.6 Å². The lowest BCUT2D eigenvalue weighted by atomic mass is 10.0. The minimum absolute atomic E-state index is 0.199. The SMILES string of the molecule is CC(C)c1ccccc1OCCNS(=O)(=O)c1ccc(Cl)s1. The number of halogens is 1. The highest BCUT2D eigenvalue weighted by Crippen LogP contribution is 2.26. The molecular formula is C15H18ClNO3S2. The summed E-state index contributed by atoms with van der Waals surface area (Å²) >= 11 is 6.79. The van der Waals surface area contributed by atoms with Crippen LogP contribution in [-0.4, -0.2) is 21.6 Å². The Bertz CT molecular complexity index is 726. The average Bonchev–Trinajstić information content (AvgIpc) is 2.91. The molecule has 1 aromatic heterocycles. The fourth-order valence-corrected chi connectivity index (χ4v) is 4.48. The maximum atomic E-state index is 12.0. The minimum atomic E-state index is -3.52. The molecule has 0 aliphatic heterocycles. The molecule has 2 aromatic rings. The van der Waals surface area contributed by atoms with Gasteiger partial charge in [0.15, 0.2) is 0 Å². The molecule has 4 nitrogen and oxygen atoms in total. The van der Waals surface area contributed by atoms with Crippen LogP contribution < -0.4 is 9.46 Å². The van der Waals surface area contributed by atoms with E-state index >= 15 is 0 Å². The molecule has 1 N–H and O–H groups in total. The zero-order valence-electron chi connectivity index (χ0n) is 12.4. The maximum Gasteiger partial charge on any atom is 0.250 e. The summed E-state index contributed by atoms with van der Waals surface area (Å²) in [5.41, 5.74) is 1.11. The number of ether oxygens (including phenoxy) is 1. The van der Waals surface area contributed by atoms with E-state index in [1.54, 1.807) is 6.07 Å². The van der Waals surface area contributed by atoms with Gasteiger partial charge in [-0.3, -0.25) is 0 Å². The van der Waals surface area contributed by atoms with Crippen LogP contribution in [0.2, 0.25) is 4.34 Å². The van der Waals surface area contributed by atoms with Crippen LogP contribution in [0, 0.1) is 0 Å². The lowest BCUT2D eigenvalue weighted by Crippen LogP contribution is -2.27. The summed E-state index contributed by atoms with van der Waals surface area (Å²) in [7, 11) is -3.52. The van der Waals surface area contributed by atoms with E-state index in [1.807, 2.05) is 24.3 Å². The van der Waals surface area contributed by atoms with Gasteiger partial charge in [0.1, 0.15) is 16.6 Å². The van der Waals surface area contributed by atoms with Crippen molar-refractivity contribution < 1.29 is 13.2 Å². The summed E-state index contributed by atoms with van der Waals surface area (Å²) in [6.07, 6.45) is 0. The molecule has 0 fully saturated rings. The first-order valence-electron chi connectivity index (χ1n) is 6.87. The van der Waals surface area contributed by atoms with Crippen LogP contribution in [0.3, 0.4) is 0 Å². The van der Waals surface area contributed by atoms with Crippen LogP contribution in [0.4, 0.5) is 0 Å². The van der Waals surface area contributed by atoms with Crippen LogP contribution in [0.15, 0.2) is 40.6 Å². The summed E-state index contributed by atoms with van der Waals surface area (Å²) in [5, 5.41) is 0. The van der Waals surface area contributed by atoms with Crippen LogP contribution in [0.25, 0.3) is 0 Å². The third kappa shape index (κ3) is 4.46. The van der Waals surface area contributed by atoms with Crippen molar-refractivity contribution in [3.05, 3.63) is 46.3 Å². The molecular weight excluding hydrogens is 342 g/mol. The average molecular weight is 360 g/mol. The van der Waals surface area contributed by atoms with Gasteiger partial charge >= 0.3 is 0 Å². The van der Waals surface area contributed by atoms with Gasteiger partial charge in [-0.2, -0.15) is 0 Å². The Balaban J connectivity index is 1.90. The van der Waals surface area contributed by atoms with Gasteiger partial charge in [0, 0.05) is 6.54 Å². The second kappa shape index (κ2) is 7.46. The number of rotatable bonds is 7. The molecule has 7 heteroatoms. The molecule has 1 heterocycles. The lowest BCUT2D eigenvalue weighted by molar-refractivity contribution is 0.318. The zero-order valence-corrected chi connectivity index (χ0v) is 14.8. The number of hydrogen-bond acceptors (Lipinski definition) is 4. The number of nitrogens with one attached hydrogen (secondary N) is 1. The van der Waals surface area contributed by atoms with Crippen molar-refractivity contribution in [3.8, 4) is 5.75 Å². The number of hydrogen-bond donors (Lipinski definition) is 1. The van der Waals surface area contributed by atoms with E-state index in [4.69, 9.17) is 16.3 Å². The predicted molar refractivity (Wildman–Crippen MR) is 90.5 cm³/mol. The fraction of sp³-hybridized carbons (Fsp3) is 0.333. The Morgan fingerprint density at radius 1 is 1.23 bits per heavy atom. The third-order valence-corrected chi connectivity index (χ3v) is 6.19. The Morgan fingerprint density at radius 3 is 2.59 bits per heavy atom. The molecule has 0 saturated carbocycles. The normalized spacial score (nSPS) is 11.8. The Labute approximate surface area is 140 Å². The van der Waals surface area contributed by atoms with Gasteiger partial charge in [-0.15, -0.1) is 11.3 Å². The summed E-state index contributed by atoms with van der Waals surface area (Å²) in [6.45, 7) is 4.64. The van der Waals surface area contributed by atoms with Gasteiger partial charge in [0.25, 0.3) is 0 Å². The van der Waals surface area contributed by atoms with Crippen molar-refractivity contribution in [2.75, 3.05) is 13.2 Å². The smallest absolute Gasteiger partial charge is 0.250 e. The summed E-state index contributed by atoms with van der Waals surface area (Å²) < 4.78 is 32.9. The second-order valence-electron chi connectivity index (χ2n) is 5.00. The highest BCUT2D eigenvalue weighted by molar-refractivity contribution is 7.91. The van der Waals surface area contributed by atoms with Crippen LogP contribution in [0.1, 0.15) is 25.3 Å². The Morgan fingerprint density at radius 2 is 1.95 bits per heavy atom. The highest BCUT2D eigenvalue weighted by atomic mass is 35.5. The molecule has 0 atom stereocenters. The molecule has 0 aliphatic carbocycles. The molecule has 120 valence electrons. The van der Waals surface area contributed by atoms with Gasteiger partial charge < -0.3 is 4.74 Å². The Kier molecular flexibility index (Phi) is 5.86. The molecule has 2 rings (SSSR count). The number of benzene rings is 1.